The lowest BCUT2D eigenvalue weighted by Crippen LogP contribution is -2.21. The Labute approximate surface area is 119 Å². The molecule has 1 aromatic heterocycles. The normalized spacial score (nSPS) is 10.9. The monoisotopic (exact) mass is 275 g/mol. The second kappa shape index (κ2) is 7.31. The molecule has 0 saturated carbocycles. The highest BCUT2D eigenvalue weighted by atomic mass is 32.1. The van der Waals surface area contributed by atoms with E-state index in [-0.39, 0.29) is 0 Å². The molecule has 102 valence electrons. The molecule has 0 fully saturated rings. The molecule has 1 N–H and O–H groups in total. The highest BCUT2D eigenvalue weighted by molar-refractivity contribution is 7.09. The summed E-state index contributed by atoms with van der Waals surface area (Å²) >= 11 is 1.78. The second-order valence-electron chi connectivity index (χ2n) is 4.86. The van der Waals surface area contributed by atoms with Crippen LogP contribution in [0.5, 0.6) is 5.75 Å². The maximum absolute atomic E-state index is 5.75. The van der Waals surface area contributed by atoms with E-state index in [2.05, 4.69) is 48.8 Å². The summed E-state index contributed by atoms with van der Waals surface area (Å²) in [7, 11) is 0. The molecule has 0 bridgehead atoms. The number of hydrogen-bond donors (Lipinski definition) is 1. The third-order valence-electron chi connectivity index (χ3n) is 2.84. The van der Waals surface area contributed by atoms with Gasteiger partial charge in [0.1, 0.15) is 5.75 Å². The van der Waals surface area contributed by atoms with Crippen molar-refractivity contribution in [1.29, 1.82) is 0 Å². The van der Waals surface area contributed by atoms with Crippen molar-refractivity contribution in [2.75, 3.05) is 6.61 Å². The van der Waals surface area contributed by atoms with Crippen LogP contribution >= 0.6 is 11.3 Å². The Morgan fingerprint density at radius 3 is 2.58 bits per heavy atom. The fourth-order valence-electron chi connectivity index (χ4n) is 1.75. The maximum atomic E-state index is 5.75. The molecule has 0 amide bonds. The van der Waals surface area contributed by atoms with Gasteiger partial charge in [0.2, 0.25) is 0 Å². The number of thiophene rings is 1. The van der Waals surface area contributed by atoms with Crippen LogP contribution in [0.3, 0.4) is 0 Å². The minimum Gasteiger partial charge on any atom is -0.493 e. The van der Waals surface area contributed by atoms with E-state index in [1.165, 1.54) is 10.4 Å². The van der Waals surface area contributed by atoms with Crippen LogP contribution in [0.2, 0.25) is 0 Å². The van der Waals surface area contributed by atoms with Gasteiger partial charge in [-0.2, -0.15) is 0 Å². The number of rotatable bonds is 7. The van der Waals surface area contributed by atoms with Gasteiger partial charge in [0.25, 0.3) is 0 Å². The van der Waals surface area contributed by atoms with Crippen LogP contribution in [0.25, 0.3) is 0 Å². The van der Waals surface area contributed by atoms with Gasteiger partial charge < -0.3 is 10.1 Å². The van der Waals surface area contributed by atoms with E-state index in [9.17, 15) is 0 Å². The molecule has 0 spiro atoms. The minimum absolute atomic E-state index is 0.515. The molecule has 0 aliphatic carbocycles. The fraction of sp³-hybridized carbons (Fsp3) is 0.375. The maximum Gasteiger partial charge on any atom is 0.119 e. The lowest BCUT2D eigenvalue weighted by atomic mass is 10.2. The number of ether oxygens (including phenoxy) is 1. The van der Waals surface area contributed by atoms with Gasteiger partial charge in [0, 0.05) is 23.9 Å². The average Bonchev–Trinajstić information content (AvgIpc) is 2.91. The summed E-state index contributed by atoms with van der Waals surface area (Å²) in [5, 5.41) is 5.51. The second-order valence-corrected chi connectivity index (χ2v) is 5.89. The number of hydrogen-bond acceptors (Lipinski definition) is 3. The Kier molecular flexibility index (Phi) is 5.43. The summed E-state index contributed by atoms with van der Waals surface area (Å²) in [5.74, 6) is 0.949. The van der Waals surface area contributed by atoms with E-state index in [4.69, 9.17) is 4.74 Å². The Bertz CT molecular complexity index is 462. The molecule has 2 rings (SSSR count). The van der Waals surface area contributed by atoms with E-state index in [0.29, 0.717) is 6.04 Å². The molecule has 2 aromatic rings. The van der Waals surface area contributed by atoms with Crippen LogP contribution in [0, 0.1) is 0 Å². The zero-order chi connectivity index (χ0) is 13.5. The first-order valence-electron chi connectivity index (χ1n) is 6.71. The van der Waals surface area contributed by atoms with Crippen molar-refractivity contribution < 1.29 is 4.74 Å². The van der Waals surface area contributed by atoms with Gasteiger partial charge in [0.05, 0.1) is 6.61 Å². The van der Waals surface area contributed by atoms with Crippen LogP contribution in [0.1, 0.15) is 24.3 Å². The van der Waals surface area contributed by atoms with Gasteiger partial charge in [-0.05, 0) is 29.1 Å². The lowest BCUT2D eigenvalue weighted by Gasteiger charge is -2.09. The summed E-state index contributed by atoms with van der Waals surface area (Å²) in [6.07, 6.45) is 0.980. The summed E-state index contributed by atoms with van der Waals surface area (Å²) in [4.78, 5) is 1.37. The predicted octanol–water partition coefficient (Wildman–Crippen LogP) is 3.87. The van der Waals surface area contributed by atoms with Crippen LogP contribution in [-0.4, -0.2) is 12.6 Å². The van der Waals surface area contributed by atoms with Crippen LogP contribution < -0.4 is 10.1 Å². The first kappa shape index (κ1) is 14.1. The van der Waals surface area contributed by atoms with E-state index in [0.717, 1.165) is 25.3 Å². The van der Waals surface area contributed by atoms with Gasteiger partial charge in [0.15, 0.2) is 0 Å². The molecule has 3 heteroatoms. The zero-order valence-corrected chi connectivity index (χ0v) is 12.4. The fourth-order valence-corrected chi connectivity index (χ4v) is 2.44. The zero-order valence-electron chi connectivity index (χ0n) is 11.6. The lowest BCUT2D eigenvalue weighted by molar-refractivity contribution is 0.323. The third-order valence-corrected chi connectivity index (χ3v) is 3.77. The first-order valence-corrected chi connectivity index (χ1v) is 7.59. The Hall–Kier alpha value is -1.32. The molecule has 0 radical (unpaired) electrons. The van der Waals surface area contributed by atoms with Crippen molar-refractivity contribution in [2.45, 2.75) is 32.9 Å². The van der Waals surface area contributed by atoms with Crippen molar-refractivity contribution in [2.24, 2.45) is 0 Å². The molecule has 0 saturated heterocycles. The van der Waals surface area contributed by atoms with Crippen molar-refractivity contribution >= 4 is 11.3 Å². The molecule has 2 nitrogen and oxygen atoms in total. The smallest absolute Gasteiger partial charge is 0.119 e. The molecular formula is C16H21NOS. The SMILES string of the molecule is CC(C)NCc1ccc(OCCc2cccs2)cc1. The molecular weight excluding hydrogens is 254 g/mol. The van der Waals surface area contributed by atoms with Gasteiger partial charge in [-0.25, -0.2) is 0 Å². The highest BCUT2D eigenvalue weighted by Gasteiger charge is 1.98. The predicted molar refractivity (Wildman–Crippen MR) is 81.9 cm³/mol. The summed E-state index contributed by atoms with van der Waals surface area (Å²) in [5.41, 5.74) is 1.29. The Morgan fingerprint density at radius 2 is 1.95 bits per heavy atom. The van der Waals surface area contributed by atoms with E-state index >= 15 is 0 Å². The topological polar surface area (TPSA) is 21.3 Å². The summed E-state index contributed by atoms with van der Waals surface area (Å²) in [6.45, 7) is 5.96. The number of benzene rings is 1. The van der Waals surface area contributed by atoms with Gasteiger partial charge >= 0.3 is 0 Å². The standard InChI is InChI=1S/C16H21NOS/c1-13(2)17-12-14-5-7-15(8-6-14)18-10-9-16-4-3-11-19-16/h3-8,11,13,17H,9-10,12H2,1-2H3. The first-order chi connectivity index (χ1) is 9.24. The molecule has 1 heterocycles. The van der Waals surface area contributed by atoms with E-state index < -0.39 is 0 Å². The molecule has 1 aromatic carbocycles. The van der Waals surface area contributed by atoms with Crippen molar-refractivity contribution in [1.82, 2.24) is 5.32 Å². The van der Waals surface area contributed by atoms with Crippen molar-refractivity contribution in [3.05, 3.63) is 52.2 Å². The summed E-state index contributed by atoms with van der Waals surface area (Å²) < 4.78 is 5.75. The minimum atomic E-state index is 0.515. The van der Waals surface area contributed by atoms with Gasteiger partial charge in [-0.15, -0.1) is 11.3 Å². The van der Waals surface area contributed by atoms with Crippen LogP contribution in [0.4, 0.5) is 0 Å². The van der Waals surface area contributed by atoms with Gasteiger partial charge in [-0.1, -0.05) is 32.0 Å². The average molecular weight is 275 g/mol. The van der Waals surface area contributed by atoms with E-state index in [1.807, 2.05) is 12.1 Å². The van der Waals surface area contributed by atoms with Crippen LogP contribution in [-0.2, 0) is 13.0 Å². The molecule has 19 heavy (non-hydrogen) atoms. The third kappa shape index (κ3) is 5.05. The van der Waals surface area contributed by atoms with Crippen molar-refractivity contribution in [3.63, 3.8) is 0 Å². The molecule has 0 unspecified atom stereocenters. The summed E-state index contributed by atoms with van der Waals surface area (Å²) in [6, 6.07) is 13.1. The van der Waals surface area contributed by atoms with Crippen LogP contribution in [0.15, 0.2) is 41.8 Å². The molecule has 0 aliphatic rings. The molecule has 0 aliphatic heterocycles. The highest BCUT2D eigenvalue weighted by Crippen LogP contribution is 2.14. The largest absolute Gasteiger partial charge is 0.493 e. The quantitative estimate of drug-likeness (QED) is 0.828. The Balaban J connectivity index is 1.75. The van der Waals surface area contributed by atoms with Crippen molar-refractivity contribution in [3.8, 4) is 5.75 Å². The Morgan fingerprint density at radius 1 is 1.16 bits per heavy atom. The number of nitrogens with one attached hydrogen (secondary N) is 1. The van der Waals surface area contributed by atoms with E-state index in [1.54, 1.807) is 11.3 Å². The molecule has 0 atom stereocenters. The van der Waals surface area contributed by atoms with Gasteiger partial charge in [-0.3, -0.25) is 0 Å².